The molecule has 1 amide bonds. The third-order valence-electron chi connectivity index (χ3n) is 5.17. The second-order valence-corrected chi connectivity index (χ2v) is 10.2. The second-order valence-electron chi connectivity index (χ2n) is 8.48. The van der Waals surface area contributed by atoms with Gasteiger partial charge in [0.15, 0.2) is 18.5 Å². The molecule has 2 aromatic rings. The van der Waals surface area contributed by atoms with Crippen LogP contribution < -0.4 is 19.9 Å². The third kappa shape index (κ3) is 7.10. The molecule has 1 fully saturated rings. The van der Waals surface area contributed by atoms with Crippen LogP contribution in [0.3, 0.4) is 0 Å². The highest BCUT2D eigenvalue weighted by Crippen LogP contribution is 2.45. The van der Waals surface area contributed by atoms with Crippen LogP contribution in [0, 0.1) is 0 Å². The minimum Gasteiger partial charge on any atom is -0.462 e. The van der Waals surface area contributed by atoms with Crippen molar-refractivity contribution < 1.29 is 47.5 Å². The second kappa shape index (κ2) is 11.9. The molecule has 1 aromatic heterocycles. The highest BCUT2D eigenvalue weighted by atomic mass is 31.2. The quantitative estimate of drug-likeness (QED) is 0.187. The number of esters is 1. The molecule has 0 spiro atoms. The lowest BCUT2D eigenvalue weighted by Crippen LogP contribution is -2.46. The van der Waals surface area contributed by atoms with Gasteiger partial charge in [-0.25, -0.2) is 4.57 Å². The van der Waals surface area contributed by atoms with Gasteiger partial charge in [-0.15, -0.1) is 0 Å². The lowest BCUT2D eigenvalue weighted by atomic mass is 10.1. The summed E-state index contributed by atoms with van der Waals surface area (Å²) in [6.07, 6.45) is -2.50. The SMILES string of the molecule is CC(C)OC(=O)[C@H](C)N[P@](=O)(OC[C@H]1O[C@@H]([n+]2cccc(C(N)=O)c2)[C@@H](O)[C@H]1O)Oc1ccccc1. The van der Waals surface area contributed by atoms with Crippen molar-refractivity contribution in [1.82, 2.24) is 5.09 Å². The molecule has 3 rings (SSSR count). The van der Waals surface area contributed by atoms with E-state index in [1.165, 1.54) is 36.0 Å². The summed E-state index contributed by atoms with van der Waals surface area (Å²) in [4.78, 5) is 23.8. The molecule has 5 N–H and O–H groups in total. The van der Waals surface area contributed by atoms with Crippen LogP contribution >= 0.6 is 7.75 Å². The van der Waals surface area contributed by atoms with Gasteiger partial charge in [0, 0.05) is 6.07 Å². The number of aromatic nitrogens is 1. The van der Waals surface area contributed by atoms with E-state index in [9.17, 15) is 24.4 Å². The van der Waals surface area contributed by atoms with Crippen molar-refractivity contribution in [3.05, 3.63) is 60.4 Å². The highest BCUT2D eigenvalue weighted by molar-refractivity contribution is 7.52. The van der Waals surface area contributed by atoms with Crippen molar-refractivity contribution in [2.24, 2.45) is 5.73 Å². The number of rotatable bonds is 11. The van der Waals surface area contributed by atoms with Gasteiger partial charge in [0.2, 0.25) is 0 Å². The van der Waals surface area contributed by atoms with Gasteiger partial charge in [0.25, 0.3) is 12.1 Å². The Kier molecular flexibility index (Phi) is 9.18. The summed E-state index contributed by atoms with van der Waals surface area (Å²) in [5, 5.41) is 23.6. The predicted octanol–water partition coefficient (Wildman–Crippen LogP) is 0.826. The molecular formula is C23H31N3O9P+. The third-order valence-corrected chi connectivity index (χ3v) is 6.82. The van der Waals surface area contributed by atoms with Gasteiger partial charge in [-0.05, 0) is 39.0 Å². The number of carbonyl (C=O) groups is 2. The van der Waals surface area contributed by atoms with Gasteiger partial charge in [-0.3, -0.25) is 14.1 Å². The minimum atomic E-state index is -4.20. The number of nitrogens with two attached hydrogens (primary N) is 1. The maximum Gasteiger partial charge on any atom is 0.459 e. The Labute approximate surface area is 208 Å². The number of pyridine rings is 1. The highest BCUT2D eigenvalue weighted by Gasteiger charge is 2.49. The summed E-state index contributed by atoms with van der Waals surface area (Å²) in [7, 11) is -4.20. The number of nitrogens with zero attached hydrogens (tertiary/aromatic N) is 1. The lowest BCUT2D eigenvalue weighted by Gasteiger charge is -2.24. The smallest absolute Gasteiger partial charge is 0.459 e. The summed E-state index contributed by atoms with van der Waals surface area (Å²) >= 11 is 0. The fraction of sp³-hybridized carbons (Fsp3) is 0.435. The first kappa shape index (κ1) is 27.7. The molecule has 0 saturated carbocycles. The van der Waals surface area contributed by atoms with Gasteiger partial charge >= 0.3 is 13.7 Å². The molecule has 0 bridgehead atoms. The van der Waals surface area contributed by atoms with Crippen molar-refractivity contribution in [3.8, 4) is 5.75 Å². The van der Waals surface area contributed by atoms with E-state index >= 15 is 0 Å². The predicted molar refractivity (Wildman–Crippen MR) is 126 cm³/mol. The van der Waals surface area contributed by atoms with E-state index in [2.05, 4.69) is 5.09 Å². The Balaban J connectivity index is 1.74. The van der Waals surface area contributed by atoms with Crippen molar-refractivity contribution in [1.29, 1.82) is 0 Å². The summed E-state index contributed by atoms with van der Waals surface area (Å²) < 4.78 is 37.0. The largest absolute Gasteiger partial charge is 0.462 e. The number of aliphatic hydroxyl groups is 2. The van der Waals surface area contributed by atoms with Crippen LogP contribution in [0.5, 0.6) is 5.75 Å². The van der Waals surface area contributed by atoms with Gasteiger partial charge in [-0.1, -0.05) is 18.2 Å². The molecule has 196 valence electrons. The zero-order valence-electron chi connectivity index (χ0n) is 20.1. The van der Waals surface area contributed by atoms with E-state index in [4.69, 9.17) is 24.3 Å². The van der Waals surface area contributed by atoms with Crippen LogP contribution in [0.4, 0.5) is 0 Å². The van der Waals surface area contributed by atoms with Crippen LogP contribution in [0.2, 0.25) is 0 Å². The molecule has 0 radical (unpaired) electrons. The van der Waals surface area contributed by atoms with Gasteiger partial charge in [0.05, 0.1) is 12.7 Å². The molecule has 2 heterocycles. The Morgan fingerprint density at radius 3 is 2.47 bits per heavy atom. The van der Waals surface area contributed by atoms with Crippen LogP contribution in [0.25, 0.3) is 0 Å². The van der Waals surface area contributed by atoms with E-state index in [1.54, 1.807) is 44.2 Å². The molecule has 1 aromatic carbocycles. The Bertz CT molecular complexity index is 1100. The molecule has 1 aliphatic heterocycles. The number of amides is 1. The summed E-state index contributed by atoms with van der Waals surface area (Å²) in [6, 6.07) is 10.2. The summed E-state index contributed by atoms with van der Waals surface area (Å²) in [6.45, 7) is 4.34. The number of ether oxygens (including phenoxy) is 2. The molecular weight excluding hydrogens is 493 g/mol. The Hall–Kier alpha value is -2.86. The molecule has 6 atom stereocenters. The average Bonchev–Trinajstić information content (AvgIpc) is 3.11. The molecule has 12 nitrogen and oxygen atoms in total. The summed E-state index contributed by atoms with van der Waals surface area (Å²) in [5.41, 5.74) is 5.48. The van der Waals surface area contributed by atoms with E-state index in [1.807, 2.05) is 0 Å². The fourth-order valence-corrected chi connectivity index (χ4v) is 4.92. The fourth-order valence-electron chi connectivity index (χ4n) is 3.42. The Morgan fingerprint density at radius 1 is 1.14 bits per heavy atom. The molecule has 0 aliphatic carbocycles. The van der Waals surface area contributed by atoms with Gasteiger partial charge < -0.3 is 29.9 Å². The number of nitrogens with one attached hydrogen (secondary N) is 1. The molecule has 0 unspecified atom stereocenters. The van der Waals surface area contributed by atoms with E-state index in [0.29, 0.717) is 0 Å². The van der Waals surface area contributed by atoms with E-state index < -0.39 is 56.8 Å². The molecule has 13 heteroatoms. The van der Waals surface area contributed by atoms with E-state index in [-0.39, 0.29) is 17.4 Å². The maximum absolute atomic E-state index is 13.6. The number of aliphatic hydroxyl groups excluding tert-OH is 2. The number of primary amides is 1. The van der Waals surface area contributed by atoms with Gasteiger partial charge in [-0.2, -0.15) is 9.65 Å². The standard InChI is InChI=1S/C23H30N3O9P/c1-14(2)33-23(30)15(3)25-36(31,35-17-9-5-4-6-10-17)32-13-18-19(27)20(28)22(34-18)26-11-7-8-16(12-26)21(24)29/h4-12,14-15,18-20,22,27-28H,13H2,1-3H3,(H2-,24,25,29,31)/p+1/t15-,18+,19-,20-,22+,36-/m0/s1. The van der Waals surface area contributed by atoms with Crippen molar-refractivity contribution in [2.45, 2.75) is 57.5 Å². The van der Waals surface area contributed by atoms with Gasteiger partial charge in [0.1, 0.15) is 29.6 Å². The average molecular weight is 524 g/mol. The van der Waals surface area contributed by atoms with Crippen molar-refractivity contribution in [3.63, 3.8) is 0 Å². The topological polar surface area (TPSA) is 171 Å². The first-order chi connectivity index (χ1) is 17.0. The number of para-hydroxylation sites is 1. The number of hydrogen-bond donors (Lipinski definition) is 4. The lowest BCUT2D eigenvalue weighted by molar-refractivity contribution is -0.765. The van der Waals surface area contributed by atoms with Crippen LogP contribution in [0.15, 0.2) is 54.9 Å². The van der Waals surface area contributed by atoms with Crippen molar-refractivity contribution in [2.75, 3.05) is 6.61 Å². The first-order valence-corrected chi connectivity index (χ1v) is 12.8. The number of carbonyl (C=O) groups excluding carboxylic acids is 2. The van der Waals surface area contributed by atoms with E-state index in [0.717, 1.165) is 0 Å². The van der Waals surface area contributed by atoms with Crippen LogP contribution in [-0.4, -0.2) is 59.2 Å². The normalized spacial score (nSPS) is 24.2. The first-order valence-electron chi connectivity index (χ1n) is 11.3. The zero-order valence-corrected chi connectivity index (χ0v) is 21.0. The monoisotopic (exact) mass is 524 g/mol. The number of hydrogen-bond acceptors (Lipinski definition) is 9. The molecule has 1 aliphatic rings. The molecule has 36 heavy (non-hydrogen) atoms. The van der Waals surface area contributed by atoms with Crippen molar-refractivity contribution >= 4 is 19.6 Å². The van der Waals surface area contributed by atoms with Crippen LogP contribution in [-0.2, 0) is 23.4 Å². The summed E-state index contributed by atoms with van der Waals surface area (Å²) in [5.74, 6) is -1.13. The van der Waals surface area contributed by atoms with Crippen LogP contribution in [0.1, 0.15) is 37.4 Å². The maximum atomic E-state index is 13.6. The Morgan fingerprint density at radius 2 is 1.83 bits per heavy atom. The molecule has 1 saturated heterocycles. The number of benzene rings is 1. The zero-order chi connectivity index (χ0) is 26.5. The minimum absolute atomic E-state index is 0.176.